The molecule has 4 nitrogen and oxygen atoms in total. The van der Waals surface area contributed by atoms with Crippen molar-refractivity contribution in [2.75, 3.05) is 18.5 Å². The molecular weight excluding hydrogens is 264 g/mol. The van der Waals surface area contributed by atoms with Crippen LogP contribution in [0.3, 0.4) is 0 Å². The van der Waals surface area contributed by atoms with Crippen LogP contribution < -0.4 is 15.8 Å². The number of nitrogens with one attached hydrogen (secondary N) is 1. The van der Waals surface area contributed by atoms with Crippen molar-refractivity contribution in [2.45, 2.75) is 46.0 Å². The quantitative estimate of drug-likeness (QED) is 0.648. The largest absolute Gasteiger partial charge is 0.493 e. The average Bonchev–Trinajstić information content (AvgIpc) is 2.45. The fraction of sp³-hybridized carbons (Fsp3) is 0.588. The molecule has 0 aliphatic rings. The van der Waals surface area contributed by atoms with E-state index in [1.54, 1.807) is 0 Å². The van der Waals surface area contributed by atoms with Crippen molar-refractivity contribution in [3.05, 3.63) is 24.3 Å². The molecule has 0 unspecified atom stereocenters. The molecule has 1 rings (SSSR count). The standard InChI is InChI=1S/C17H28N2O2/c1-14(2)13-21-16-9-7-8-15(12-16)19-17(20)10-5-3-4-6-11-18/h7-9,12,14H,3-6,10-11,13,18H2,1-2H3,(H,19,20). The third-order valence-electron chi connectivity index (χ3n) is 3.06. The van der Waals surface area contributed by atoms with Crippen molar-refractivity contribution < 1.29 is 9.53 Å². The van der Waals surface area contributed by atoms with E-state index >= 15 is 0 Å². The maximum atomic E-state index is 11.8. The number of nitrogens with two attached hydrogens (primary N) is 1. The highest BCUT2D eigenvalue weighted by Gasteiger charge is 2.04. The Morgan fingerprint density at radius 3 is 2.71 bits per heavy atom. The second kappa shape index (κ2) is 10.2. The Kier molecular flexibility index (Phi) is 8.51. The van der Waals surface area contributed by atoms with Crippen LogP contribution in [0.2, 0.25) is 0 Å². The zero-order valence-electron chi connectivity index (χ0n) is 13.2. The fourth-order valence-corrected chi connectivity index (χ4v) is 1.93. The minimum absolute atomic E-state index is 0.0590. The second-order valence-corrected chi connectivity index (χ2v) is 5.73. The Morgan fingerprint density at radius 2 is 2.00 bits per heavy atom. The van der Waals surface area contributed by atoms with E-state index in [1.807, 2.05) is 24.3 Å². The lowest BCUT2D eigenvalue weighted by molar-refractivity contribution is -0.116. The Balaban J connectivity index is 2.33. The van der Waals surface area contributed by atoms with Gasteiger partial charge in [-0.1, -0.05) is 32.8 Å². The summed E-state index contributed by atoms with van der Waals surface area (Å²) >= 11 is 0. The lowest BCUT2D eigenvalue weighted by atomic mass is 10.1. The van der Waals surface area contributed by atoms with Crippen LogP contribution in [-0.2, 0) is 4.79 Å². The maximum absolute atomic E-state index is 11.8. The van der Waals surface area contributed by atoms with Gasteiger partial charge in [0, 0.05) is 18.2 Å². The number of rotatable bonds is 10. The van der Waals surface area contributed by atoms with Gasteiger partial charge in [-0.05, 0) is 37.4 Å². The molecule has 0 spiro atoms. The zero-order valence-corrected chi connectivity index (χ0v) is 13.2. The third-order valence-corrected chi connectivity index (χ3v) is 3.06. The maximum Gasteiger partial charge on any atom is 0.224 e. The lowest BCUT2D eigenvalue weighted by Crippen LogP contribution is -2.11. The van der Waals surface area contributed by atoms with E-state index in [4.69, 9.17) is 10.5 Å². The number of ether oxygens (including phenoxy) is 1. The molecule has 0 saturated heterocycles. The van der Waals surface area contributed by atoms with Crippen molar-refractivity contribution in [2.24, 2.45) is 11.7 Å². The topological polar surface area (TPSA) is 64.3 Å². The van der Waals surface area contributed by atoms with Gasteiger partial charge in [0.25, 0.3) is 0 Å². The summed E-state index contributed by atoms with van der Waals surface area (Å²) in [6.07, 6.45) is 4.67. The number of benzene rings is 1. The van der Waals surface area contributed by atoms with Crippen LogP contribution in [0.15, 0.2) is 24.3 Å². The van der Waals surface area contributed by atoms with Gasteiger partial charge in [-0.25, -0.2) is 0 Å². The third kappa shape index (κ3) is 8.35. The molecule has 0 radical (unpaired) electrons. The number of anilines is 1. The van der Waals surface area contributed by atoms with Crippen LogP contribution in [0, 0.1) is 5.92 Å². The Labute approximate surface area is 128 Å². The normalized spacial score (nSPS) is 10.7. The summed E-state index contributed by atoms with van der Waals surface area (Å²) in [5.41, 5.74) is 6.23. The summed E-state index contributed by atoms with van der Waals surface area (Å²) < 4.78 is 5.65. The van der Waals surface area contributed by atoms with Crippen LogP contribution in [0.5, 0.6) is 5.75 Å². The number of carbonyl (C=O) groups excluding carboxylic acids is 1. The van der Waals surface area contributed by atoms with Crippen LogP contribution in [-0.4, -0.2) is 19.1 Å². The Bertz CT molecular complexity index is 419. The van der Waals surface area contributed by atoms with Gasteiger partial charge in [0.15, 0.2) is 0 Å². The average molecular weight is 292 g/mol. The van der Waals surface area contributed by atoms with Gasteiger partial charge < -0.3 is 15.8 Å². The number of hydrogen-bond acceptors (Lipinski definition) is 3. The molecule has 0 fully saturated rings. The van der Waals surface area contributed by atoms with Crippen molar-refractivity contribution >= 4 is 11.6 Å². The molecule has 1 amide bonds. The van der Waals surface area contributed by atoms with Crippen LogP contribution >= 0.6 is 0 Å². The molecule has 0 aromatic heterocycles. The molecule has 0 saturated carbocycles. The van der Waals surface area contributed by atoms with Crippen molar-refractivity contribution in [1.29, 1.82) is 0 Å². The minimum Gasteiger partial charge on any atom is -0.493 e. The van der Waals surface area contributed by atoms with Crippen LogP contribution in [0.1, 0.15) is 46.0 Å². The first kappa shape index (κ1) is 17.5. The van der Waals surface area contributed by atoms with Gasteiger partial charge in [0.05, 0.1) is 6.61 Å². The SMILES string of the molecule is CC(C)COc1cccc(NC(=O)CCCCCCN)c1. The minimum atomic E-state index is 0.0590. The highest BCUT2D eigenvalue weighted by atomic mass is 16.5. The first-order chi connectivity index (χ1) is 10.1. The zero-order chi connectivity index (χ0) is 15.5. The summed E-state index contributed by atoms with van der Waals surface area (Å²) in [5, 5.41) is 2.92. The van der Waals surface area contributed by atoms with E-state index in [1.165, 1.54) is 0 Å². The summed E-state index contributed by atoms with van der Waals surface area (Å²) in [6, 6.07) is 7.56. The van der Waals surface area contributed by atoms with Gasteiger partial charge in [0.2, 0.25) is 5.91 Å². The molecule has 0 aliphatic heterocycles. The summed E-state index contributed by atoms with van der Waals surface area (Å²) in [4.78, 5) is 11.8. The van der Waals surface area contributed by atoms with E-state index < -0.39 is 0 Å². The van der Waals surface area contributed by atoms with Crippen molar-refractivity contribution in [3.8, 4) is 5.75 Å². The predicted octanol–water partition coefficient (Wildman–Crippen LogP) is 3.57. The van der Waals surface area contributed by atoms with Gasteiger partial charge in [-0.15, -0.1) is 0 Å². The molecule has 21 heavy (non-hydrogen) atoms. The molecule has 0 atom stereocenters. The van der Waals surface area contributed by atoms with Gasteiger partial charge in [-0.3, -0.25) is 4.79 Å². The monoisotopic (exact) mass is 292 g/mol. The highest BCUT2D eigenvalue weighted by molar-refractivity contribution is 5.90. The number of unbranched alkanes of at least 4 members (excludes halogenated alkanes) is 3. The number of hydrogen-bond donors (Lipinski definition) is 2. The molecule has 118 valence electrons. The van der Waals surface area contributed by atoms with E-state index in [-0.39, 0.29) is 5.91 Å². The molecule has 4 heteroatoms. The van der Waals surface area contributed by atoms with E-state index in [0.29, 0.717) is 18.9 Å². The molecule has 1 aromatic carbocycles. The van der Waals surface area contributed by atoms with Crippen molar-refractivity contribution in [1.82, 2.24) is 0 Å². The van der Waals surface area contributed by atoms with E-state index in [2.05, 4.69) is 19.2 Å². The fourth-order valence-electron chi connectivity index (χ4n) is 1.93. The summed E-state index contributed by atoms with van der Waals surface area (Å²) in [5.74, 6) is 1.34. The first-order valence-corrected chi connectivity index (χ1v) is 7.84. The highest BCUT2D eigenvalue weighted by Crippen LogP contribution is 2.18. The molecule has 3 N–H and O–H groups in total. The van der Waals surface area contributed by atoms with Gasteiger partial charge in [0.1, 0.15) is 5.75 Å². The van der Waals surface area contributed by atoms with Crippen LogP contribution in [0.25, 0.3) is 0 Å². The molecule has 1 aromatic rings. The number of amides is 1. The Hall–Kier alpha value is -1.55. The predicted molar refractivity (Wildman–Crippen MR) is 87.5 cm³/mol. The van der Waals surface area contributed by atoms with Gasteiger partial charge >= 0.3 is 0 Å². The lowest BCUT2D eigenvalue weighted by Gasteiger charge is -2.10. The summed E-state index contributed by atoms with van der Waals surface area (Å²) in [6.45, 7) is 5.63. The van der Waals surface area contributed by atoms with Crippen molar-refractivity contribution in [3.63, 3.8) is 0 Å². The van der Waals surface area contributed by atoms with E-state index in [0.717, 1.165) is 43.7 Å². The molecule has 0 aliphatic carbocycles. The van der Waals surface area contributed by atoms with Crippen LogP contribution in [0.4, 0.5) is 5.69 Å². The Morgan fingerprint density at radius 1 is 1.24 bits per heavy atom. The first-order valence-electron chi connectivity index (χ1n) is 7.84. The molecular formula is C17H28N2O2. The molecule has 0 heterocycles. The smallest absolute Gasteiger partial charge is 0.224 e. The van der Waals surface area contributed by atoms with Gasteiger partial charge in [-0.2, -0.15) is 0 Å². The summed E-state index contributed by atoms with van der Waals surface area (Å²) in [7, 11) is 0. The number of carbonyl (C=O) groups is 1. The second-order valence-electron chi connectivity index (χ2n) is 5.73. The molecule has 0 bridgehead atoms. The van der Waals surface area contributed by atoms with E-state index in [9.17, 15) is 4.79 Å².